The molecular weight excluding hydrogens is 391 g/mol. The predicted molar refractivity (Wildman–Crippen MR) is 103 cm³/mol. The van der Waals surface area contributed by atoms with Crippen molar-refractivity contribution < 1.29 is 18.8 Å². The molecule has 0 atom stereocenters. The molecule has 8 heteroatoms. The molecule has 1 saturated heterocycles. The Balaban J connectivity index is 1.62. The van der Waals surface area contributed by atoms with E-state index < -0.39 is 22.9 Å². The first kappa shape index (κ1) is 19.1. The van der Waals surface area contributed by atoms with Crippen LogP contribution in [0.3, 0.4) is 0 Å². The van der Waals surface area contributed by atoms with Gasteiger partial charge >= 0.3 is 0 Å². The van der Waals surface area contributed by atoms with Gasteiger partial charge in [-0.3, -0.25) is 19.3 Å². The van der Waals surface area contributed by atoms with Crippen LogP contribution in [0.15, 0.2) is 53.4 Å². The standard InChI is InChI=1S/C19H14ClFN2O3S/c20-14-7-3-1-5-12(14)11-16-18(25)23(19(26)27-16)10-9-22-17(24)13-6-2-4-8-15(13)21/h1-8,11H,9-10H2,(H,22,24)/b16-11-. The van der Waals surface area contributed by atoms with Crippen molar-refractivity contribution in [1.29, 1.82) is 0 Å². The molecule has 2 aromatic carbocycles. The first-order chi connectivity index (χ1) is 13.0. The fraction of sp³-hybridized carbons (Fsp3) is 0.105. The number of halogens is 2. The summed E-state index contributed by atoms with van der Waals surface area (Å²) < 4.78 is 13.6. The van der Waals surface area contributed by atoms with Gasteiger partial charge in [-0.25, -0.2) is 4.39 Å². The van der Waals surface area contributed by atoms with Gasteiger partial charge in [-0.2, -0.15) is 0 Å². The lowest BCUT2D eigenvalue weighted by atomic mass is 10.2. The minimum atomic E-state index is -0.635. The van der Waals surface area contributed by atoms with Crippen molar-refractivity contribution in [2.24, 2.45) is 0 Å². The average Bonchev–Trinajstić information content (AvgIpc) is 2.91. The number of thioether (sulfide) groups is 1. The van der Waals surface area contributed by atoms with E-state index in [0.29, 0.717) is 10.6 Å². The van der Waals surface area contributed by atoms with Gasteiger partial charge in [0.1, 0.15) is 5.82 Å². The second kappa shape index (κ2) is 8.37. The van der Waals surface area contributed by atoms with Crippen LogP contribution in [0.1, 0.15) is 15.9 Å². The van der Waals surface area contributed by atoms with Crippen LogP contribution in [0.5, 0.6) is 0 Å². The Morgan fingerprint density at radius 1 is 1.15 bits per heavy atom. The van der Waals surface area contributed by atoms with Crippen LogP contribution in [0.4, 0.5) is 9.18 Å². The highest BCUT2D eigenvalue weighted by molar-refractivity contribution is 8.18. The first-order valence-corrected chi connectivity index (χ1v) is 9.19. The number of amides is 3. The minimum Gasteiger partial charge on any atom is -0.350 e. The number of nitrogens with zero attached hydrogens (tertiary/aromatic N) is 1. The van der Waals surface area contributed by atoms with Crippen molar-refractivity contribution >= 4 is 46.5 Å². The summed E-state index contributed by atoms with van der Waals surface area (Å²) in [7, 11) is 0. The second-order valence-corrected chi connectivity index (χ2v) is 6.99. The summed E-state index contributed by atoms with van der Waals surface area (Å²) in [4.78, 5) is 37.8. The van der Waals surface area contributed by atoms with E-state index >= 15 is 0 Å². The van der Waals surface area contributed by atoms with Crippen LogP contribution in [-0.2, 0) is 4.79 Å². The molecule has 0 saturated carbocycles. The summed E-state index contributed by atoms with van der Waals surface area (Å²) in [6.07, 6.45) is 1.56. The molecule has 1 aliphatic rings. The van der Waals surface area contributed by atoms with Gasteiger partial charge in [-0.1, -0.05) is 41.9 Å². The maximum absolute atomic E-state index is 13.6. The molecule has 5 nitrogen and oxygen atoms in total. The SMILES string of the molecule is O=C(NCCN1C(=O)S/C(=C\c2ccccc2Cl)C1=O)c1ccccc1F. The smallest absolute Gasteiger partial charge is 0.293 e. The molecule has 1 aliphatic heterocycles. The summed E-state index contributed by atoms with van der Waals surface area (Å²) in [5.41, 5.74) is 0.544. The largest absolute Gasteiger partial charge is 0.350 e. The lowest BCUT2D eigenvalue weighted by molar-refractivity contribution is -0.122. The third-order valence-corrected chi connectivity index (χ3v) is 5.06. The lowest BCUT2D eigenvalue weighted by Gasteiger charge is -2.13. The first-order valence-electron chi connectivity index (χ1n) is 8.00. The van der Waals surface area contributed by atoms with Gasteiger partial charge in [0.2, 0.25) is 0 Å². The Kier molecular flexibility index (Phi) is 5.93. The quantitative estimate of drug-likeness (QED) is 0.766. The molecule has 0 radical (unpaired) electrons. The van der Waals surface area contributed by atoms with Gasteiger partial charge in [0.05, 0.1) is 10.5 Å². The van der Waals surface area contributed by atoms with E-state index in [-0.39, 0.29) is 23.6 Å². The Hall–Kier alpha value is -2.64. The molecule has 1 heterocycles. The van der Waals surface area contributed by atoms with Crippen LogP contribution in [-0.4, -0.2) is 35.0 Å². The maximum atomic E-state index is 13.6. The van der Waals surface area contributed by atoms with Crippen LogP contribution in [0.25, 0.3) is 6.08 Å². The number of carbonyl (C=O) groups excluding carboxylic acids is 3. The molecule has 1 fully saturated rings. The Bertz CT molecular complexity index is 948. The van der Waals surface area contributed by atoms with Gasteiger partial charge in [-0.15, -0.1) is 0 Å². The molecule has 138 valence electrons. The third kappa shape index (κ3) is 4.37. The fourth-order valence-electron chi connectivity index (χ4n) is 2.45. The van der Waals surface area contributed by atoms with E-state index in [1.807, 2.05) is 0 Å². The Morgan fingerprint density at radius 3 is 2.59 bits per heavy atom. The second-order valence-electron chi connectivity index (χ2n) is 5.59. The number of hydrogen-bond acceptors (Lipinski definition) is 4. The molecule has 27 heavy (non-hydrogen) atoms. The molecule has 0 aromatic heterocycles. The summed E-state index contributed by atoms with van der Waals surface area (Å²) in [5, 5.41) is 2.55. The molecule has 0 unspecified atom stereocenters. The number of imide groups is 1. The van der Waals surface area contributed by atoms with Gasteiger partial charge in [0, 0.05) is 18.1 Å². The van der Waals surface area contributed by atoms with Crippen LogP contribution < -0.4 is 5.32 Å². The van der Waals surface area contributed by atoms with E-state index in [2.05, 4.69) is 5.32 Å². The highest BCUT2D eigenvalue weighted by Crippen LogP contribution is 2.33. The number of hydrogen-bond donors (Lipinski definition) is 1. The molecule has 1 N–H and O–H groups in total. The van der Waals surface area contributed by atoms with Crippen LogP contribution >= 0.6 is 23.4 Å². The molecule has 3 rings (SSSR count). The number of nitrogens with one attached hydrogen (secondary N) is 1. The maximum Gasteiger partial charge on any atom is 0.293 e. The van der Waals surface area contributed by atoms with Gasteiger partial charge in [0.25, 0.3) is 17.1 Å². The van der Waals surface area contributed by atoms with Crippen molar-refractivity contribution in [2.75, 3.05) is 13.1 Å². The van der Waals surface area contributed by atoms with E-state index in [1.165, 1.54) is 18.2 Å². The fourth-order valence-corrected chi connectivity index (χ4v) is 3.49. The van der Waals surface area contributed by atoms with Crippen molar-refractivity contribution in [3.8, 4) is 0 Å². The number of rotatable bonds is 5. The Morgan fingerprint density at radius 2 is 1.85 bits per heavy atom. The van der Waals surface area contributed by atoms with E-state index in [0.717, 1.165) is 16.7 Å². The zero-order chi connectivity index (χ0) is 19.4. The van der Waals surface area contributed by atoms with Crippen molar-refractivity contribution in [3.63, 3.8) is 0 Å². The van der Waals surface area contributed by atoms with Crippen LogP contribution in [0.2, 0.25) is 5.02 Å². The molecule has 2 aromatic rings. The highest BCUT2D eigenvalue weighted by atomic mass is 35.5. The van der Waals surface area contributed by atoms with Crippen molar-refractivity contribution in [1.82, 2.24) is 10.2 Å². The molecule has 0 bridgehead atoms. The summed E-state index contributed by atoms with van der Waals surface area (Å²) >= 11 is 6.88. The zero-order valence-electron chi connectivity index (χ0n) is 13.9. The van der Waals surface area contributed by atoms with Crippen molar-refractivity contribution in [3.05, 3.63) is 75.4 Å². The lowest BCUT2D eigenvalue weighted by Crippen LogP contribution is -2.37. The monoisotopic (exact) mass is 404 g/mol. The normalized spacial score (nSPS) is 15.5. The summed E-state index contributed by atoms with van der Waals surface area (Å²) in [6, 6.07) is 12.6. The Labute approximate surface area is 164 Å². The molecule has 0 aliphatic carbocycles. The third-order valence-electron chi connectivity index (χ3n) is 3.80. The number of benzene rings is 2. The number of carbonyl (C=O) groups is 3. The minimum absolute atomic E-state index is 0.00921. The summed E-state index contributed by atoms with van der Waals surface area (Å²) in [5.74, 6) is -1.69. The zero-order valence-corrected chi connectivity index (χ0v) is 15.5. The highest BCUT2D eigenvalue weighted by Gasteiger charge is 2.34. The van der Waals surface area contributed by atoms with Gasteiger partial charge < -0.3 is 5.32 Å². The molecular formula is C19H14ClFN2O3S. The van der Waals surface area contributed by atoms with Gasteiger partial charge in [0.15, 0.2) is 0 Å². The average molecular weight is 405 g/mol. The van der Waals surface area contributed by atoms with E-state index in [9.17, 15) is 18.8 Å². The van der Waals surface area contributed by atoms with Gasteiger partial charge in [-0.05, 0) is 41.6 Å². The molecule has 3 amide bonds. The van der Waals surface area contributed by atoms with Crippen LogP contribution in [0, 0.1) is 5.82 Å². The molecule has 0 spiro atoms. The summed E-state index contributed by atoms with van der Waals surface area (Å²) in [6.45, 7) is 0.00923. The van der Waals surface area contributed by atoms with E-state index in [1.54, 1.807) is 36.4 Å². The van der Waals surface area contributed by atoms with Crippen molar-refractivity contribution in [2.45, 2.75) is 0 Å². The predicted octanol–water partition coefficient (Wildman–Crippen LogP) is 3.95. The van der Waals surface area contributed by atoms with E-state index in [4.69, 9.17) is 11.6 Å². The topological polar surface area (TPSA) is 66.5 Å².